The fraction of sp³-hybridized carbons (Fsp3) is 0.682. The fourth-order valence-electron chi connectivity index (χ4n) is 3.96. The number of aromatic hydroxyl groups is 1. The Hall–Kier alpha value is -1.26. The molecule has 1 atom stereocenters. The molecule has 1 aliphatic rings. The van der Waals surface area contributed by atoms with Gasteiger partial charge in [0, 0.05) is 45.3 Å². The summed E-state index contributed by atoms with van der Waals surface area (Å²) in [6.45, 7) is 9.71. The van der Waals surface area contributed by atoms with E-state index in [4.69, 9.17) is 9.47 Å². The monoisotopic (exact) mass is 534 g/mol. The molecule has 172 valence electrons. The molecule has 30 heavy (non-hydrogen) atoms. The average Bonchev–Trinajstić information content (AvgIpc) is 2.76. The molecule has 1 fully saturated rings. The maximum absolute atomic E-state index is 10.1. The number of halogens is 1. The van der Waals surface area contributed by atoms with Crippen LogP contribution in [-0.2, 0) is 11.2 Å². The molecule has 8 heteroatoms. The Morgan fingerprint density at radius 2 is 1.93 bits per heavy atom. The minimum atomic E-state index is 0. The van der Waals surface area contributed by atoms with E-state index in [1.165, 1.54) is 12.8 Å². The van der Waals surface area contributed by atoms with Gasteiger partial charge in [-0.1, -0.05) is 32.8 Å². The van der Waals surface area contributed by atoms with Crippen LogP contribution >= 0.6 is 24.0 Å². The molecule has 0 saturated carbocycles. The van der Waals surface area contributed by atoms with Crippen molar-refractivity contribution < 1.29 is 14.6 Å². The zero-order chi connectivity index (χ0) is 21.1. The normalized spacial score (nSPS) is 16.1. The Kier molecular flexibility index (Phi) is 13.1. The number of morpholine rings is 1. The lowest BCUT2D eigenvalue weighted by Crippen LogP contribution is -2.53. The van der Waals surface area contributed by atoms with Crippen LogP contribution in [0, 0.1) is 5.92 Å². The van der Waals surface area contributed by atoms with Gasteiger partial charge in [-0.15, -0.1) is 24.0 Å². The fourth-order valence-corrected chi connectivity index (χ4v) is 3.96. The summed E-state index contributed by atoms with van der Waals surface area (Å²) in [4.78, 5) is 6.92. The molecule has 0 bridgehead atoms. The standard InChI is InChI=1S/C22H38N4O3.HI/c1-5-17(6-2)20(26-11-13-29-14-12-26)16-25-22(23-3)24-10-9-18-7-8-19(28-4)15-21(18)27;/h7-8,15,17,20,27H,5-6,9-14,16H2,1-4H3,(H2,23,24,25);1H. The van der Waals surface area contributed by atoms with Gasteiger partial charge in [0.25, 0.3) is 0 Å². The second kappa shape index (κ2) is 14.7. The van der Waals surface area contributed by atoms with Crippen molar-refractivity contribution in [3.63, 3.8) is 0 Å². The number of hydrogen-bond acceptors (Lipinski definition) is 5. The molecule has 1 aromatic rings. The van der Waals surface area contributed by atoms with E-state index in [9.17, 15) is 5.11 Å². The molecule has 0 aliphatic carbocycles. The third-order valence-electron chi connectivity index (χ3n) is 5.79. The number of guanidine groups is 1. The Labute approximate surface area is 198 Å². The van der Waals surface area contributed by atoms with Gasteiger partial charge < -0.3 is 25.2 Å². The molecule has 0 aromatic heterocycles. The van der Waals surface area contributed by atoms with Crippen LogP contribution in [0.4, 0.5) is 0 Å². The van der Waals surface area contributed by atoms with Crippen molar-refractivity contribution >= 4 is 29.9 Å². The van der Waals surface area contributed by atoms with Crippen molar-refractivity contribution in [2.45, 2.75) is 39.2 Å². The molecule has 1 saturated heterocycles. The van der Waals surface area contributed by atoms with Crippen molar-refractivity contribution in [2.24, 2.45) is 10.9 Å². The average molecular weight is 534 g/mol. The first kappa shape index (κ1) is 26.8. The minimum absolute atomic E-state index is 0. The molecule has 1 aromatic carbocycles. The highest BCUT2D eigenvalue weighted by Crippen LogP contribution is 2.23. The highest BCUT2D eigenvalue weighted by atomic mass is 127. The topological polar surface area (TPSA) is 78.4 Å². The van der Waals surface area contributed by atoms with Gasteiger partial charge in [-0.3, -0.25) is 9.89 Å². The lowest BCUT2D eigenvalue weighted by Gasteiger charge is -2.39. The van der Waals surface area contributed by atoms with Gasteiger partial charge in [0.05, 0.1) is 20.3 Å². The van der Waals surface area contributed by atoms with Crippen molar-refractivity contribution in [1.29, 1.82) is 0 Å². The van der Waals surface area contributed by atoms with Crippen LogP contribution in [0.3, 0.4) is 0 Å². The van der Waals surface area contributed by atoms with E-state index in [0.717, 1.165) is 44.4 Å². The van der Waals surface area contributed by atoms with Crippen LogP contribution < -0.4 is 15.4 Å². The van der Waals surface area contributed by atoms with Gasteiger partial charge in [0.15, 0.2) is 5.96 Å². The summed E-state index contributed by atoms with van der Waals surface area (Å²) >= 11 is 0. The molecule has 0 spiro atoms. The van der Waals surface area contributed by atoms with E-state index in [2.05, 4.69) is 34.4 Å². The van der Waals surface area contributed by atoms with Gasteiger partial charge in [0.2, 0.25) is 0 Å². The second-order valence-corrected chi connectivity index (χ2v) is 7.42. The number of hydrogen-bond donors (Lipinski definition) is 3. The Bertz CT molecular complexity index is 635. The Balaban J connectivity index is 0.00000450. The molecule has 3 N–H and O–H groups in total. The van der Waals surface area contributed by atoms with Crippen molar-refractivity contribution in [2.75, 3.05) is 53.6 Å². The number of ether oxygens (including phenoxy) is 2. The predicted molar refractivity (Wildman–Crippen MR) is 133 cm³/mol. The third-order valence-corrected chi connectivity index (χ3v) is 5.79. The number of phenols is 1. The van der Waals surface area contributed by atoms with Crippen molar-refractivity contribution in [1.82, 2.24) is 15.5 Å². The Morgan fingerprint density at radius 3 is 2.50 bits per heavy atom. The smallest absolute Gasteiger partial charge is 0.191 e. The molecular formula is C22H39IN4O3. The minimum Gasteiger partial charge on any atom is -0.508 e. The van der Waals surface area contributed by atoms with Gasteiger partial charge >= 0.3 is 0 Å². The van der Waals surface area contributed by atoms with Crippen LogP contribution in [0.5, 0.6) is 11.5 Å². The zero-order valence-corrected chi connectivity index (χ0v) is 21.1. The predicted octanol–water partition coefficient (Wildman–Crippen LogP) is 2.86. The SMILES string of the molecule is CCC(CC)C(CNC(=NC)NCCc1ccc(OC)cc1O)N1CCOCC1.I. The van der Waals surface area contributed by atoms with Crippen LogP contribution in [0.1, 0.15) is 32.3 Å². The van der Waals surface area contributed by atoms with Crippen LogP contribution in [-0.4, -0.2) is 75.6 Å². The van der Waals surface area contributed by atoms with Gasteiger partial charge in [-0.2, -0.15) is 0 Å². The van der Waals surface area contributed by atoms with Crippen LogP contribution in [0.15, 0.2) is 23.2 Å². The number of aliphatic imine (C=N–C) groups is 1. The first-order chi connectivity index (χ1) is 14.1. The number of phenolic OH excluding ortho intramolecular Hbond substituents is 1. The highest BCUT2D eigenvalue weighted by Gasteiger charge is 2.26. The lowest BCUT2D eigenvalue weighted by atomic mass is 9.92. The molecule has 1 unspecified atom stereocenters. The molecule has 1 heterocycles. The van der Waals surface area contributed by atoms with Crippen LogP contribution in [0.2, 0.25) is 0 Å². The van der Waals surface area contributed by atoms with E-state index >= 15 is 0 Å². The highest BCUT2D eigenvalue weighted by molar-refractivity contribution is 14.0. The van der Waals surface area contributed by atoms with E-state index in [1.54, 1.807) is 20.2 Å². The summed E-state index contributed by atoms with van der Waals surface area (Å²) in [7, 11) is 3.39. The Morgan fingerprint density at radius 1 is 1.23 bits per heavy atom. The summed E-state index contributed by atoms with van der Waals surface area (Å²) in [5, 5.41) is 17.0. The van der Waals surface area contributed by atoms with Crippen molar-refractivity contribution in [3.8, 4) is 11.5 Å². The largest absolute Gasteiger partial charge is 0.508 e. The van der Waals surface area contributed by atoms with E-state index in [-0.39, 0.29) is 29.7 Å². The van der Waals surface area contributed by atoms with Crippen molar-refractivity contribution in [3.05, 3.63) is 23.8 Å². The summed E-state index contributed by atoms with van der Waals surface area (Å²) in [6.07, 6.45) is 3.04. The molecule has 0 amide bonds. The maximum atomic E-state index is 10.1. The molecular weight excluding hydrogens is 495 g/mol. The number of methoxy groups -OCH3 is 1. The van der Waals surface area contributed by atoms with E-state index < -0.39 is 0 Å². The quantitative estimate of drug-likeness (QED) is 0.244. The zero-order valence-electron chi connectivity index (χ0n) is 18.8. The first-order valence-corrected chi connectivity index (χ1v) is 10.7. The maximum Gasteiger partial charge on any atom is 0.191 e. The second-order valence-electron chi connectivity index (χ2n) is 7.42. The summed E-state index contributed by atoms with van der Waals surface area (Å²) < 4.78 is 10.7. The number of nitrogens with zero attached hydrogens (tertiary/aromatic N) is 2. The van der Waals surface area contributed by atoms with E-state index in [0.29, 0.717) is 30.7 Å². The summed E-state index contributed by atoms with van der Waals surface area (Å²) in [6, 6.07) is 5.88. The molecule has 7 nitrogen and oxygen atoms in total. The lowest BCUT2D eigenvalue weighted by molar-refractivity contribution is 0.00272. The number of benzene rings is 1. The third kappa shape index (κ3) is 8.11. The molecule has 0 radical (unpaired) electrons. The first-order valence-electron chi connectivity index (χ1n) is 10.7. The van der Waals surface area contributed by atoms with Gasteiger partial charge in [0.1, 0.15) is 11.5 Å². The summed E-state index contributed by atoms with van der Waals surface area (Å²) in [5.41, 5.74) is 0.886. The summed E-state index contributed by atoms with van der Waals surface area (Å²) in [5.74, 6) is 2.36. The van der Waals surface area contributed by atoms with E-state index in [1.807, 2.05) is 12.1 Å². The van der Waals surface area contributed by atoms with Gasteiger partial charge in [-0.25, -0.2) is 0 Å². The number of nitrogens with one attached hydrogen (secondary N) is 2. The molecule has 1 aliphatic heterocycles. The van der Waals surface area contributed by atoms with Crippen LogP contribution in [0.25, 0.3) is 0 Å². The molecule has 2 rings (SSSR count). The van der Waals surface area contributed by atoms with Gasteiger partial charge in [-0.05, 0) is 24.0 Å². The number of rotatable bonds is 10.